The van der Waals surface area contributed by atoms with Gasteiger partial charge in [-0.2, -0.15) is 0 Å². The van der Waals surface area contributed by atoms with Crippen LogP contribution >= 0.6 is 0 Å². The van der Waals surface area contributed by atoms with Gasteiger partial charge in [0.15, 0.2) is 6.35 Å². The number of hydrogen-bond donors (Lipinski definition) is 2. The highest BCUT2D eigenvalue weighted by atomic mass is 16.3. The largest absolute Gasteiger partial charge is 0.365 e. The maximum Gasteiger partial charge on any atom is 0.163 e. The molecule has 0 radical (unpaired) electrons. The van der Waals surface area contributed by atoms with Crippen molar-refractivity contribution in [3.63, 3.8) is 0 Å². The molecule has 5 heteroatoms. The molecule has 1 spiro atoms. The smallest absolute Gasteiger partial charge is 0.163 e. The van der Waals surface area contributed by atoms with E-state index in [-0.39, 0.29) is 11.1 Å². The molecule has 1 saturated heterocycles. The molecule has 2 aromatic rings. The van der Waals surface area contributed by atoms with E-state index >= 15 is 0 Å². The third-order valence-corrected chi connectivity index (χ3v) is 6.93. The lowest BCUT2D eigenvalue weighted by molar-refractivity contribution is 0.0175. The van der Waals surface area contributed by atoms with Gasteiger partial charge in [0, 0.05) is 36.6 Å². The van der Waals surface area contributed by atoms with Crippen LogP contribution in [-0.2, 0) is 12.0 Å². The highest BCUT2D eigenvalue weighted by Gasteiger charge is 2.49. The van der Waals surface area contributed by atoms with Crippen molar-refractivity contribution in [2.75, 3.05) is 27.2 Å². The van der Waals surface area contributed by atoms with Gasteiger partial charge in [-0.25, -0.2) is 0 Å². The number of nitrogens with one attached hydrogen (secondary N) is 1. The minimum absolute atomic E-state index is 0.0198. The highest BCUT2D eigenvalue weighted by molar-refractivity contribution is 5.26. The van der Waals surface area contributed by atoms with Gasteiger partial charge in [-0.1, -0.05) is 30.3 Å². The van der Waals surface area contributed by atoms with E-state index in [0.29, 0.717) is 0 Å². The predicted molar refractivity (Wildman–Crippen MR) is 112 cm³/mol. The molecule has 1 saturated carbocycles. The summed E-state index contributed by atoms with van der Waals surface area (Å²) in [6.45, 7) is 1.77. The van der Waals surface area contributed by atoms with Crippen LogP contribution in [0.15, 0.2) is 54.9 Å². The zero-order valence-corrected chi connectivity index (χ0v) is 17.0. The Morgan fingerprint density at radius 1 is 1.07 bits per heavy atom. The second-order valence-corrected chi connectivity index (χ2v) is 8.67. The monoisotopic (exact) mass is 380 g/mol. The summed E-state index contributed by atoms with van der Waals surface area (Å²) >= 11 is 0. The Morgan fingerprint density at radius 2 is 1.75 bits per heavy atom. The molecule has 4 rings (SSSR count). The fraction of sp³-hybridized carbons (Fsp3) is 0.522. The van der Waals surface area contributed by atoms with Gasteiger partial charge < -0.3 is 5.11 Å². The molecule has 1 aliphatic carbocycles. The van der Waals surface area contributed by atoms with E-state index in [1.54, 1.807) is 0 Å². The molecule has 1 aromatic heterocycles. The van der Waals surface area contributed by atoms with Crippen molar-refractivity contribution < 1.29 is 5.11 Å². The lowest BCUT2D eigenvalue weighted by atomic mass is 9.69. The van der Waals surface area contributed by atoms with Crippen molar-refractivity contribution in [2.24, 2.45) is 0 Å². The number of hydrogen-bond acceptors (Lipinski definition) is 5. The van der Waals surface area contributed by atoms with Crippen LogP contribution in [-0.4, -0.2) is 59.0 Å². The van der Waals surface area contributed by atoms with Crippen molar-refractivity contribution in [3.8, 4) is 0 Å². The van der Waals surface area contributed by atoms with E-state index in [1.807, 2.05) is 12.4 Å². The van der Waals surface area contributed by atoms with Crippen LogP contribution in [0.4, 0.5) is 0 Å². The first kappa shape index (κ1) is 19.5. The SMILES string of the molecule is CN(C)C1(c2ccccc2)CCC2(CC1)CN(CCc1ccncc1)C(O)N2. The third kappa shape index (κ3) is 3.72. The normalized spacial score (nSPS) is 30.9. The zero-order chi connectivity index (χ0) is 19.6. The highest BCUT2D eigenvalue weighted by Crippen LogP contribution is 2.46. The van der Waals surface area contributed by atoms with Crippen LogP contribution in [0.1, 0.15) is 36.8 Å². The average molecular weight is 381 g/mol. The van der Waals surface area contributed by atoms with Crippen molar-refractivity contribution in [1.82, 2.24) is 20.1 Å². The van der Waals surface area contributed by atoms with E-state index in [1.165, 1.54) is 11.1 Å². The first-order valence-corrected chi connectivity index (χ1v) is 10.3. The predicted octanol–water partition coefficient (Wildman–Crippen LogP) is 2.58. The Bertz CT molecular complexity index is 757. The summed E-state index contributed by atoms with van der Waals surface area (Å²) in [7, 11) is 4.39. The lowest BCUT2D eigenvalue weighted by Gasteiger charge is -2.49. The molecule has 150 valence electrons. The van der Waals surface area contributed by atoms with Crippen molar-refractivity contribution >= 4 is 0 Å². The van der Waals surface area contributed by atoms with Crippen LogP contribution in [0.25, 0.3) is 0 Å². The third-order valence-electron chi connectivity index (χ3n) is 6.93. The molecule has 5 nitrogen and oxygen atoms in total. The van der Waals surface area contributed by atoms with Gasteiger partial charge >= 0.3 is 0 Å². The van der Waals surface area contributed by atoms with Gasteiger partial charge in [-0.3, -0.25) is 20.1 Å². The molecule has 28 heavy (non-hydrogen) atoms. The van der Waals surface area contributed by atoms with Gasteiger partial charge in [-0.15, -0.1) is 0 Å². The number of aliphatic hydroxyl groups is 1. The van der Waals surface area contributed by atoms with Crippen LogP contribution in [0.2, 0.25) is 0 Å². The molecule has 2 heterocycles. The maximum atomic E-state index is 10.6. The van der Waals surface area contributed by atoms with Crippen LogP contribution in [0, 0.1) is 0 Å². The van der Waals surface area contributed by atoms with Crippen molar-refractivity contribution in [2.45, 2.75) is 49.5 Å². The first-order chi connectivity index (χ1) is 13.5. The average Bonchev–Trinajstić information content (AvgIpc) is 3.03. The summed E-state index contributed by atoms with van der Waals surface area (Å²) < 4.78 is 0. The minimum atomic E-state index is -0.551. The van der Waals surface area contributed by atoms with Crippen molar-refractivity contribution in [3.05, 3.63) is 66.0 Å². The number of benzene rings is 1. The number of aromatic nitrogens is 1. The summed E-state index contributed by atoms with van der Waals surface area (Å²) in [6.07, 6.45) is 8.39. The lowest BCUT2D eigenvalue weighted by Crippen LogP contribution is -2.54. The Labute approximate surface area is 168 Å². The molecule has 2 N–H and O–H groups in total. The van der Waals surface area contributed by atoms with Crippen LogP contribution < -0.4 is 5.32 Å². The van der Waals surface area contributed by atoms with Gasteiger partial charge in [0.1, 0.15) is 0 Å². The van der Waals surface area contributed by atoms with Gasteiger partial charge in [0.25, 0.3) is 0 Å². The van der Waals surface area contributed by atoms with Gasteiger partial charge in [-0.05, 0) is 69.5 Å². The summed E-state index contributed by atoms with van der Waals surface area (Å²) in [5.74, 6) is 0. The van der Waals surface area contributed by atoms with E-state index in [0.717, 1.165) is 45.2 Å². The Morgan fingerprint density at radius 3 is 2.39 bits per heavy atom. The quantitative estimate of drug-likeness (QED) is 0.835. The summed E-state index contributed by atoms with van der Waals surface area (Å²) in [4.78, 5) is 8.66. The Balaban J connectivity index is 1.42. The molecule has 0 amide bonds. The van der Waals surface area contributed by atoms with Crippen LogP contribution in [0.3, 0.4) is 0 Å². The molecule has 1 aromatic carbocycles. The molecule has 1 atom stereocenters. The first-order valence-electron chi connectivity index (χ1n) is 10.3. The summed E-state index contributed by atoms with van der Waals surface area (Å²) in [5.41, 5.74) is 2.78. The molecular formula is C23H32N4O. The zero-order valence-electron chi connectivity index (χ0n) is 17.0. The Hall–Kier alpha value is -1.79. The molecule has 0 bridgehead atoms. The summed E-state index contributed by atoms with van der Waals surface area (Å²) in [6, 6.07) is 15.0. The second kappa shape index (κ2) is 7.91. The second-order valence-electron chi connectivity index (χ2n) is 8.67. The number of pyridine rings is 1. The number of aliphatic hydroxyl groups excluding tert-OH is 1. The van der Waals surface area contributed by atoms with E-state index in [2.05, 4.69) is 76.7 Å². The summed E-state index contributed by atoms with van der Waals surface area (Å²) in [5, 5.41) is 14.2. The minimum Gasteiger partial charge on any atom is -0.365 e. The molecule has 2 fully saturated rings. The maximum absolute atomic E-state index is 10.6. The van der Waals surface area contributed by atoms with Gasteiger partial charge in [0.2, 0.25) is 0 Å². The molecule has 1 unspecified atom stereocenters. The van der Waals surface area contributed by atoms with E-state index in [9.17, 15) is 5.11 Å². The number of rotatable bonds is 5. The van der Waals surface area contributed by atoms with Gasteiger partial charge in [0.05, 0.1) is 0 Å². The molecule has 2 aliphatic rings. The topological polar surface area (TPSA) is 51.6 Å². The fourth-order valence-electron chi connectivity index (χ4n) is 5.10. The van der Waals surface area contributed by atoms with E-state index in [4.69, 9.17) is 0 Å². The fourth-order valence-corrected chi connectivity index (χ4v) is 5.10. The standard InChI is InChI=1S/C23H32N4O/c1-26(2)23(20-6-4-3-5-7-20)13-11-22(12-14-23)18-27(21(28)25-22)17-10-19-8-15-24-16-9-19/h3-9,15-16,21,25,28H,10-14,17-18H2,1-2H3. The van der Waals surface area contributed by atoms with E-state index < -0.39 is 6.35 Å². The Kier molecular flexibility index (Phi) is 5.52. The number of nitrogens with zero attached hydrogens (tertiary/aromatic N) is 3. The van der Waals surface area contributed by atoms with Crippen molar-refractivity contribution in [1.29, 1.82) is 0 Å². The molecule has 1 aliphatic heterocycles. The molecular weight excluding hydrogens is 348 g/mol. The van der Waals surface area contributed by atoms with Crippen LogP contribution in [0.5, 0.6) is 0 Å².